The van der Waals surface area contributed by atoms with Gasteiger partial charge in [0.05, 0.1) is 0 Å². The maximum atomic E-state index is 12.9. The third kappa shape index (κ3) is 2.97. The number of rotatable bonds is 7. The molecule has 200 valence electrons. The standard InChI is InChI=1S/C29H39N3O5/c1-16(31-17(2)33)25(35)30-14-20-13-27-8-9-29(20,36-3)26-28(27)10-11-32(15-18-4-5-18)22(27)12-19-6-7-21(34)24(37-26)23(19)28/h6-7,16,18,20,22,26,34H,4-5,8-15H2,1-3H3,(H,30,35)(H,31,33)/t16-,20?,22+,26?,27+,28-,29?/m0/s1. The van der Waals surface area contributed by atoms with Gasteiger partial charge in [-0.2, -0.15) is 0 Å². The van der Waals surface area contributed by atoms with E-state index in [1.54, 1.807) is 14.0 Å². The number of methoxy groups -OCH3 is 1. The van der Waals surface area contributed by atoms with Crippen molar-refractivity contribution >= 4 is 11.8 Å². The van der Waals surface area contributed by atoms with Gasteiger partial charge < -0.3 is 25.2 Å². The molecule has 8 heteroatoms. The zero-order chi connectivity index (χ0) is 25.7. The number of nitrogens with one attached hydrogen (secondary N) is 2. The predicted octanol–water partition coefficient (Wildman–Crippen LogP) is 2.26. The highest BCUT2D eigenvalue weighted by Crippen LogP contribution is 2.76. The second-order valence-electron chi connectivity index (χ2n) is 12.7. The molecule has 7 aliphatic rings. The van der Waals surface area contributed by atoms with Crippen LogP contribution in [0.4, 0.5) is 0 Å². The van der Waals surface area contributed by atoms with Crippen molar-refractivity contribution in [3.05, 3.63) is 23.3 Å². The minimum Gasteiger partial charge on any atom is -0.504 e. The Hall–Kier alpha value is -2.32. The highest BCUT2D eigenvalue weighted by atomic mass is 16.6. The van der Waals surface area contributed by atoms with Gasteiger partial charge >= 0.3 is 0 Å². The summed E-state index contributed by atoms with van der Waals surface area (Å²) in [7, 11) is 1.79. The molecule has 4 saturated carbocycles. The Kier molecular flexibility index (Phi) is 5.05. The van der Waals surface area contributed by atoms with Crippen molar-refractivity contribution in [2.24, 2.45) is 17.3 Å². The number of hydrogen-bond acceptors (Lipinski definition) is 6. The summed E-state index contributed by atoms with van der Waals surface area (Å²) in [6, 6.07) is 3.78. The van der Waals surface area contributed by atoms with Crippen LogP contribution in [0.5, 0.6) is 11.5 Å². The minimum absolute atomic E-state index is 0.0236. The SMILES string of the molecule is COC12CC[C@@]3(CC1CNC(=O)[C@H](C)NC(C)=O)[C@H]1Cc4ccc(O)c5c4[C@@]3(CCN1CC1CC1)C2O5. The number of nitrogens with zero attached hydrogens (tertiary/aromatic N) is 1. The largest absolute Gasteiger partial charge is 0.504 e. The van der Waals surface area contributed by atoms with E-state index in [4.69, 9.17) is 9.47 Å². The molecule has 0 aromatic heterocycles. The Morgan fingerprint density at radius 1 is 1.27 bits per heavy atom. The first kappa shape index (κ1) is 23.8. The Labute approximate surface area is 218 Å². The van der Waals surface area contributed by atoms with Crippen LogP contribution in [0.1, 0.15) is 63.5 Å². The van der Waals surface area contributed by atoms with Gasteiger partial charge in [0.1, 0.15) is 17.7 Å². The number of ether oxygens (including phenoxy) is 2. The highest BCUT2D eigenvalue weighted by Gasteiger charge is 2.80. The van der Waals surface area contributed by atoms with Gasteiger partial charge in [0.2, 0.25) is 11.8 Å². The van der Waals surface area contributed by atoms with Crippen LogP contribution in [-0.4, -0.2) is 72.4 Å². The van der Waals surface area contributed by atoms with Crippen molar-refractivity contribution in [1.29, 1.82) is 0 Å². The van der Waals surface area contributed by atoms with Crippen LogP contribution >= 0.6 is 0 Å². The quantitative estimate of drug-likeness (QED) is 0.522. The first-order valence-electron chi connectivity index (χ1n) is 14.1. The number of carbonyl (C=O) groups is 2. The lowest BCUT2D eigenvalue weighted by Crippen LogP contribution is -2.81. The average molecular weight is 510 g/mol. The molecule has 4 bridgehead atoms. The Bertz CT molecular complexity index is 1170. The number of phenols is 1. The van der Waals surface area contributed by atoms with Crippen LogP contribution < -0.4 is 15.4 Å². The van der Waals surface area contributed by atoms with Crippen molar-refractivity contribution in [3.63, 3.8) is 0 Å². The number of benzene rings is 1. The molecular formula is C29H39N3O5. The van der Waals surface area contributed by atoms with E-state index >= 15 is 0 Å². The number of phenolic OH excluding ortho intramolecular Hbond substituents is 1. The first-order valence-corrected chi connectivity index (χ1v) is 14.1. The molecule has 5 aliphatic carbocycles. The lowest BCUT2D eigenvalue weighted by molar-refractivity contribution is -0.276. The van der Waals surface area contributed by atoms with E-state index in [0.717, 1.165) is 44.6 Å². The number of fused-ring (bicyclic) bond motifs is 2. The van der Waals surface area contributed by atoms with Gasteiger partial charge in [0, 0.05) is 55.5 Å². The summed E-state index contributed by atoms with van der Waals surface area (Å²) in [5.41, 5.74) is 1.89. The topological polar surface area (TPSA) is 100 Å². The second-order valence-corrected chi connectivity index (χ2v) is 12.7. The van der Waals surface area contributed by atoms with Crippen LogP contribution in [0.15, 0.2) is 12.1 Å². The van der Waals surface area contributed by atoms with Crippen LogP contribution in [0.2, 0.25) is 0 Å². The number of aromatic hydroxyl groups is 1. The second kappa shape index (κ2) is 7.85. The zero-order valence-electron chi connectivity index (χ0n) is 22.1. The van der Waals surface area contributed by atoms with E-state index in [9.17, 15) is 14.7 Å². The summed E-state index contributed by atoms with van der Waals surface area (Å²) >= 11 is 0. The van der Waals surface area contributed by atoms with Gasteiger partial charge in [-0.1, -0.05) is 6.07 Å². The van der Waals surface area contributed by atoms with E-state index in [2.05, 4.69) is 21.6 Å². The summed E-state index contributed by atoms with van der Waals surface area (Å²) in [5, 5.41) is 16.8. The van der Waals surface area contributed by atoms with Gasteiger partial charge in [-0.15, -0.1) is 0 Å². The average Bonchev–Trinajstić information content (AvgIpc) is 3.62. The van der Waals surface area contributed by atoms with E-state index in [1.807, 2.05) is 6.07 Å². The Balaban J connectivity index is 1.29. The van der Waals surface area contributed by atoms with Crippen LogP contribution in [0.3, 0.4) is 0 Å². The molecule has 7 atom stereocenters. The van der Waals surface area contributed by atoms with Gasteiger partial charge in [-0.25, -0.2) is 0 Å². The fraction of sp³-hybridized carbons (Fsp3) is 0.724. The lowest BCUT2D eigenvalue weighted by atomic mass is 9.35. The van der Waals surface area contributed by atoms with Crippen LogP contribution in [-0.2, 0) is 26.2 Å². The minimum atomic E-state index is -0.587. The molecule has 2 heterocycles. The third-order valence-electron chi connectivity index (χ3n) is 11.1. The summed E-state index contributed by atoms with van der Waals surface area (Å²) in [6.07, 6.45) is 7.44. The normalized spacial score (nSPS) is 39.5. The number of amides is 2. The molecule has 5 fully saturated rings. The van der Waals surface area contributed by atoms with Crippen molar-refractivity contribution in [3.8, 4) is 11.5 Å². The van der Waals surface area contributed by atoms with Crippen molar-refractivity contribution in [1.82, 2.24) is 15.5 Å². The molecule has 3 unspecified atom stereocenters. The number of likely N-dealkylation sites (tertiary alicyclic amines) is 1. The van der Waals surface area contributed by atoms with E-state index in [1.165, 1.54) is 37.4 Å². The smallest absolute Gasteiger partial charge is 0.242 e. The zero-order valence-corrected chi connectivity index (χ0v) is 22.1. The van der Waals surface area contributed by atoms with Gasteiger partial charge in [0.15, 0.2) is 11.5 Å². The molecular weight excluding hydrogens is 470 g/mol. The molecule has 1 aromatic rings. The van der Waals surface area contributed by atoms with Crippen molar-refractivity contribution < 1.29 is 24.2 Å². The maximum Gasteiger partial charge on any atom is 0.242 e. The lowest BCUT2D eigenvalue weighted by Gasteiger charge is -2.74. The highest BCUT2D eigenvalue weighted by molar-refractivity contribution is 5.86. The molecule has 3 N–H and O–H groups in total. The van der Waals surface area contributed by atoms with E-state index < -0.39 is 11.6 Å². The molecule has 2 aliphatic heterocycles. The first-order chi connectivity index (χ1) is 17.8. The molecule has 1 saturated heterocycles. The molecule has 8 rings (SSSR count). The monoisotopic (exact) mass is 509 g/mol. The van der Waals surface area contributed by atoms with Crippen LogP contribution in [0, 0.1) is 17.3 Å². The summed E-state index contributed by atoms with van der Waals surface area (Å²) < 4.78 is 13.3. The number of carbonyl (C=O) groups excluding carboxylic acids is 2. The number of piperidine rings is 1. The molecule has 37 heavy (non-hydrogen) atoms. The maximum absolute atomic E-state index is 12.9. The molecule has 8 nitrogen and oxygen atoms in total. The Morgan fingerprint density at radius 3 is 2.81 bits per heavy atom. The van der Waals surface area contributed by atoms with Crippen LogP contribution in [0.25, 0.3) is 0 Å². The molecule has 0 radical (unpaired) electrons. The predicted molar refractivity (Wildman–Crippen MR) is 136 cm³/mol. The van der Waals surface area contributed by atoms with E-state index in [0.29, 0.717) is 18.3 Å². The molecule has 2 spiro atoms. The van der Waals surface area contributed by atoms with Gasteiger partial charge in [0.25, 0.3) is 0 Å². The third-order valence-corrected chi connectivity index (χ3v) is 11.1. The van der Waals surface area contributed by atoms with Crippen molar-refractivity contribution in [2.45, 2.75) is 88.0 Å². The molecule has 1 aromatic carbocycles. The summed E-state index contributed by atoms with van der Waals surface area (Å²) in [4.78, 5) is 27.1. The number of hydrogen-bond donors (Lipinski definition) is 3. The summed E-state index contributed by atoms with van der Waals surface area (Å²) in [5.74, 6) is 1.43. The fourth-order valence-corrected chi connectivity index (χ4v) is 9.54. The summed E-state index contributed by atoms with van der Waals surface area (Å²) in [6.45, 7) is 5.87. The Morgan fingerprint density at radius 2 is 2.08 bits per heavy atom. The fourth-order valence-electron chi connectivity index (χ4n) is 9.54. The van der Waals surface area contributed by atoms with Gasteiger partial charge in [-0.05, 0) is 76.0 Å². The molecule has 2 amide bonds. The van der Waals surface area contributed by atoms with E-state index in [-0.39, 0.29) is 40.4 Å². The van der Waals surface area contributed by atoms with Crippen molar-refractivity contribution in [2.75, 3.05) is 26.7 Å². The van der Waals surface area contributed by atoms with Gasteiger partial charge in [-0.3, -0.25) is 14.5 Å².